The van der Waals surface area contributed by atoms with Gasteiger partial charge in [0.15, 0.2) is 5.78 Å². The molecule has 3 rings (SSSR count). The third-order valence-electron chi connectivity index (χ3n) is 4.43. The summed E-state index contributed by atoms with van der Waals surface area (Å²) in [4.78, 5) is 11.7. The molecule has 0 saturated carbocycles. The van der Waals surface area contributed by atoms with E-state index in [-0.39, 0.29) is 18.3 Å². The summed E-state index contributed by atoms with van der Waals surface area (Å²) in [5, 5.41) is 9.04. The van der Waals surface area contributed by atoms with Crippen LogP contribution < -0.4 is 0 Å². The largest absolute Gasteiger partial charge is 0.389 e. The number of benzene rings is 2. The van der Waals surface area contributed by atoms with E-state index in [0.717, 1.165) is 19.3 Å². The first kappa shape index (κ1) is 14.0. The van der Waals surface area contributed by atoms with Crippen LogP contribution in [0.25, 0.3) is 11.1 Å². The van der Waals surface area contributed by atoms with Gasteiger partial charge < -0.3 is 5.11 Å². The zero-order chi connectivity index (χ0) is 14.8. The zero-order valence-electron chi connectivity index (χ0n) is 12.3. The van der Waals surface area contributed by atoms with Gasteiger partial charge in [0.1, 0.15) is 6.61 Å². The Kier molecular flexibility index (Phi) is 3.89. The Hall–Kier alpha value is -1.93. The second-order valence-corrected chi connectivity index (χ2v) is 5.91. The molecule has 1 aliphatic rings. The molecule has 2 aromatic carbocycles. The van der Waals surface area contributed by atoms with E-state index in [1.165, 1.54) is 27.8 Å². The molecule has 0 fully saturated rings. The maximum atomic E-state index is 11.7. The van der Waals surface area contributed by atoms with Crippen molar-refractivity contribution >= 4 is 5.78 Å². The van der Waals surface area contributed by atoms with Crippen molar-refractivity contribution in [2.75, 3.05) is 6.61 Å². The van der Waals surface area contributed by atoms with Gasteiger partial charge in [-0.05, 0) is 48.4 Å². The Morgan fingerprint density at radius 3 is 2.52 bits per heavy atom. The van der Waals surface area contributed by atoms with Crippen LogP contribution in [0.1, 0.15) is 23.1 Å². The predicted octanol–water partition coefficient (Wildman–Crippen LogP) is 3.33. The highest BCUT2D eigenvalue weighted by molar-refractivity contribution is 5.82. The van der Waals surface area contributed by atoms with Crippen LogP contribution >= 0.6 is 0 Å². The zero-order valence-corrected chi connectivity index (χ0v) is 12.3. The number of aliphatic hydroxyl groups is 1. The fourth-order valence-electron chi connectivity index (χ4n) is 3.09. The molecule has 0 radical (unpaired) electrons. The van der Waals surface area contributed by atoms with E-state index in [1.807, 2.05) is 0 Å². The number of hydrogen-bond acceptors (Lipinski definition) is 2. The Morgan fingerprint density at radius 2 is 1.81 bits per heavy atom. The molecule has 0 amide bonds. The molecule has 1 N–H and O–H groups in total. The molecule has 2 heteroatoms. The average molecular weight is 280 g/mol. The van der Waals surface area contributed by atoms with Crippen LogP contribution in [-0.4, -0.2) is 17.5 Å². The molecule has 0 saturated heterocycles. The molecule has 0 spiro atoms. The number of aryl methyl sites for hydroxylation is 2. The summed E-state index contributed by atoms with van der Waals surface area (Å²) in [5.41, 5.74) is 6.26. The highest BCUT2D eigenvalue weighted by Crippen LogP contribution is 2.30. The quantitative estimate of drug-likeness (QED) is 0.936. The summed E-state index contributed by atoms with van der Waals surface area (Å²) in [7, 11) is 0. The van der Waals surface area contributed by atoms with Crippen molar-refractivity contribution in [3.8, 4) is 11.1 Å². The summed E-state index contributed by atoms with van der Waals surface area (Å²) < 4.78 is 0. The number of carbonyl (C=O) groups is 1. The van der Waals surface area contributed by atoms with Crippen molar-refractivity contribution in [1.29, 1.82) is 0 Å². The van der Waals surface area contributed by atoms with Crippen LogP contribution in [0.3, 0.4) is 0 Å². The molecule has 108 valence electrons. The van der Waals surface area contributed by atoms with Gasteiger partial charge in [0, 0.05) is 5.92 Å². The lowest BCUT2D eigenvalue weighted by molar-refractivity contribution is -0.125. The number of ketones is 1. The van der Waals surface area contributed by atoms with Gasteiger partial charge >= 0.3 is 0 Å². The van der Waals surface area contributed by atoms with Gasteiger partial charge in [-0.3, -0.25) is 4.79 Å². The standard InChI is InChI=1S/C19H20O2/c1-13-2-4-14(5-3-13)16-8-6-15-7-9-17(19(21)12-20)11-18(15)10-16/h2-6,8,10,17,20H,7,9,11-12H2,1H3. The first-order chi connectivity index (χ1) is 10.2. The maximum Gasteiger partial charge on any atom is 0.161 e. The summed E-state index contributed by atoms with van der Waals surface area (Å²) in [5.74, 6) is -0.0443. The third kappa shape index (κ3) is 2.91. The van der Waals surface area contributed by atoms with E-state index in [1.54, 1.807) is 0 Å². The molecule has 2 aromatic rings. The fourth-order valence-corrected chi connectivity index (χ4v) is 3.09. The van der Waals surface area contributed by atoms with Gasteiger partial charge in [0.2, 0.25) is 0 Å². The molecule has 21 heavy (non-hydrogen) atoms. The van der Waals surface area contributed by atoms with Crippen LogP contribution in [0.15, 0.2) is 42.5 Å². The van der Waals surface area contributed by atoms with Gasteiger partial charge in [0.25, 0.3) is 0 Å². The van der Waals surface area contributed by atoms with Crippen molar-refractivity contribution < 1.29 is 9.90 Å². The lowest BCUT2D eigenvalue weighted by atomic mass is 9.81. The summed E-state index contributed by atoms with van der Waals surface area (Å²) in [6, 6.07) is 15.1. The molecule has 1 aliphatic carbocycles. The second kappa shape index (κ2) is 5.82. The van der Waals surface area contributed by atoms with E-state index in [9.17, 15) is 4.79 Å². The number of fused-ring (bicyclic) bond motifs is 1. The predicted molar refractivity (Wildman–Crippen MR) is 84.2 cm³/mol. The smallest absolute Gasteiger partial charge is 0.161 e. The van der Waals surface area contributed by atoms with Gasteiger partial charge in [-0.1, -0.05) is 48.0 Å². The second-order valence-electron chi connectivity index (χ2n) is 5.91. The Morgan fingerprint density at radius 1 is 1.10 bits per heavy atom. The van der Waals surface area contributed by atoms with Crippen molar-refractivity contribution in [1.82, 2.24) is 0 Å². The van der Waals surface area contributed by atoms with E-state index in [2.05, 4.69) is 49.4 Å². The average Bonchev–Trinajstić information content (AvgIpc) is 2.53. The van der Waals surface area contributed by atoms with Crippen LogP contribution in [0.4, 0.5) is 0 Å². The summed E-state index contributed by atoms with van der Waals surface area (Å²) in [6.45, 7) is 1.75. The summed E-state index contributed by atoms with van der Waals surface area (Å²) in [6.07, 6.45) is 2.55. The monoisotopic (exact) mass is 280 g/mol. The maximum absolute atomic E-state index is 11.7. The Bertz CT molecular complexity index is 656. The molecule has 2 nitrogen and oxygen atoms in total. The Balaban J connectivity index is 1.90. The number of rotatable bonds is 3. The van der Waals surface area contributed by atoms with E-state index < -0.39 is 0 Å². The molecule has 0 aliphatic heterocycles. The number of hydrogen-bond donors (Lipinski definition) is 1. The fraction of sp³-hybridized carbons (Fsp3) is 0.316. The van der Waals surface area contributed by atoms with Crippen molar-refractivity contribution in [3.63, 3.8) is 0 Å². The normalized spacial score (nSPS) is 17.3. The SMILES string of the molecule is Cc1ccc(-c2ccc3c(c2)CC(C(=O)CO)CC3)cc1. The topological polar surface area (TPSA) is 37.3 Å². The van der Waals surface area contributed by atoms with Crippen molar-refractivity contribution in [3.05, 3.63) is 59.2 Å². The van der Waals surface area contributed by atoms with Gasteiger partial charge in [-0.2, -0.15) is 0 Å². The molecule has 1 unspecified atom stereocenters. The van der Waals surface area contributed by atoms with Crippen LogP contribution in [0.2, 0.25) is 0 Å². The van der Waals surface area contributed by atoms with Crippen LogP contribution in [0.5, 0.6) is 0 Å². The van der Waals surface area contributed by atoms with Crippen molar-refractivity contribution in [2.24, 2.45) is 5.92 Å². The molecule has 0 aromatic heterocycles. The van der Waals surface area contributed by atoms with Crippen LogP contribution in [-0.2, 0) is 17.6 Å². The number of Topliss-reactive ketones (excluding diaryl/α,β-unsaturated/α-hetero) is 1. The van der Waals surface area contributed by atoms with Crippen LogP contribution in [0, 0.1) is 12.8 Å². The molecule has 1 atom stereocenters. The number of aliphatic hydroxyl groups excluding tert-OH is 1. The highest BCUT2D eigenvalue weighted by Gasteiger charge is 2.24. The Labute approximate surface area is 125 Å². The summed E-state index contributed by atoms with van der Waals surface area (Å²) >= 11 is 0. The molecule has 0 bridgehead atoms. The first-order valence-corrected chi connectivity index (χ1v) is 7.50. The van der Waals surface area contributed by atoms with E-state index in [0.29, 0.717) is 0 Å². The lowest BCUT2D eigenvalue weighted by Crippen LogP contribution is -2.24. The first-order valence-electron chi connectivity index (χ1n) is 7.50. The molecule has 0 heterocycles. The van der Waals surface area contributed by atoms with Gasteiger partial charge in [0.05, 0.1) is 0 Å². The minimum atomic E-state index is -0.336. The number of carbonyl (C=O) groups excluding carboxylic acids is 1. The third-order valence-corrected chi connectivity index (χ3v) is 4.43. The van der Waals surface area contributed by atoms with Crippen molar-refractivity contribution in [2.45, 2.75) is 26.2 Å². The van der Waals surface area contributed by atoms with E-state index in [4.69, 9.17) is 5.11 Å². The minimum absolute atomic E-state index is 0.0178. The molecular weight excluding hydrogens is 260 g/mol. The van der Waals surface area contributed by atoms with Gasteiger partial charge in [-0.15, -0.1) is 0 Å². The van der Waals surface area contributed by atoms with E-state index >= 15 is 0 Å². The van der Waals surface area contributed by atoms with Gasteiger partial charge in [-0.25, -0.2) is 0 Å². The molecular formula is C19H20O2. The highest BCUT2D eigenvalue weighted by atomic mass is 16.3. The minimum Gasteiger partial charge on any atom is -0.389 e. The lowest BCUT2D eigenvalue weighted by Gasteiger charge is -2.23.